The average molecular weight is 474 g/mol. The third-order valence-corrected chi connectivity index (χ3v) is 5.54. The summed E-state index contributed by atoms with van der Waals surface area (Å²) >= 11 is 0. The summed E-state index contributed by atoms with van der Waals surface area (Å²) in [6.45, 7) is 6.01. The van der Waals surface area contributed by atoms with Gasteiger partial charge in [0.1, 0.15) is 5.82 Å². The molecule has 0 spiro atoms. The lowest BCUT2D eigenvalue weighted by atomic mass is 10.1. The normalized spacial score (nSPS) is 12.3. The second kappa shape index (κ2) is 12.6. The van der Waals surface area contributed by atoms with Crippen molar-refractivity contribution in [1.82, 2.24) is 14.7 Å². The number of hydrogen-bond donors (Lipinski definition) is 1. The lowest BCUT2D eigenvalue weighted by molar-refractivity contribution is 0.0795. The molecule has 34 heavy (non-hydrogen) atoms. The number of rotatable bonds is 13. The van der Waals surface area contributed by atoms with Gasteiger partial charge >= 0.3 is 0 Å². The van der Waals surface area contributed by atoms with E-state index < -0.39 is 17.7 Å². The molecule has 1 heterocycles. The fourth-order valence-electron chi connectivity index (χ4n) is 3.83. The maximum Gasteiger partial charge on any atom is 0.227 e. The monoisotopic (exact) mass is 473 g/mol. The maximum atomic E-state index is 14.5. The van der Waals surface area contributed by atoms with E-state index in [0.717, 1.165) is 35.5 Å². The van der Waals surface area contributed by atoms with Crippen LogP contribution >= 0.6 is 0 Å². The summed E-state index contributed by atoms with van der Waals surface area (Å²) in [6.07, 6.45) is 1.73. The molecule has 0 fully saturated rings. The van der Waals surface area contributed by atoms with Crippen molar-refractivity contribution in [3.63, 3.8) is 0 Å². The molecule has 1 atom stereocenters. The van der Waals surface area contributed by atoms with Crippen LogP contribution < -0.4 is 4.74 Å². The second-order valence-corrected chi connectivity index (χ2v) is 8.18. The third kappa shape index (κ3) is 6.62. The van der Waals surface area contributed by atoms with Gasteiger partial charge in [-0.25, -0.2) is 13.5 Å². The van der Waals surface area contributed by atoms with Gasteiger partial charge in [0.25, 0.3) is 0 Å². The Hall–Kier alpha value is -2.81. The Labute approximate surface area is 199 Å². The average Bonchev–Trinajstić information content (AvgIpc) is 3.17. The van der Waals surface area contributed by atoms with Crippen molar-refractivity contribution >= 4 is 0 Å². The van der Waals surface area contributed by atoms with E-state index in [4.69, 9.17) is 14.6 Å². The standard InChI is InChI=1S/C26H33F2N3O3/c1-4-9-21(32)17-30(14-15-33-3)18-22-24(5-2)29-31(20-10-7-6-8-11-20)26(22)34-25-13-12-19(27)16-23(25)28/h6-8,10-13,16,21,32H,4-5,9,14-15,17-18H2,1-3H3/t21-/m0/s1. The molecule has 0 unspecified atom stereocenters. The zero-order valence-electron chi connectivity index (χ0n) is 20.0. The topological polar surface area (TPSA) is 59.8 Å². The molecule has 184 valence electrons. The van der Waals surface area contributed by atoms with E-state index in [2.05, 4.69) is 4.90 Å². The number of methoxy groups -OCH3 is 1. The SMILES string of the molecule is CCC[C@H](O)CN(CCOC)Cc1c(CC)nn(-c2ccccc2)c1Oc1ccc(F)cc1F. The van der Waals surface area contributed by atoms with E-state index in [1.165, 1.54) is 6.07 Å². The molecule has 0 amide bonds. The summed E-state index contributed by atoms with van der Waals surface area (Å²) in [4.78, 5) is 2.09. The van der Waals surface area contributed by atoms with Crippen LogP contribution in [0.3, 0.4) is 0 Å². The van der Waals surface area contributed by atoms with E-state index in [1.807, 2.05) is 44.2 Å². The number of benzene rings is 2. The lowest BCUT2D eigenvalue weighted by Crippen LogP contribution is -2.34. The van der Waals surface area contributed by atoms with Crippen LogP contribution in [0.5, 0.6) is 11.6 Å². The van der Waals surface area contributed by atoms with Crippen LogP contribution in [0.4, 0.5) is 8.78 Å². The first-order valence-electron chi connectivity index (χ1n) is 11.6. The van der Waals surface area contributed by atoms with Gasteiger partial charge in [-0.2, -0.15) is 5.10 Å². The predicted molar refractivity (Wildman–Crippen MR) is 127 cm³/mol. The first-order chi connectivity index (χ1) is 16.5. The van der Waals surface area contributed by atoms with Crippen molar-refractivity contribution in [2.75, 3.05) is 26.8 Å². The van der Waals surface area contributed by atoms with E-state index in [-0.39, 0.29) is 5.75 Å². The number of aliphatic hydroxyl groups is 1. The number of para-hydroxylation sites is 1. The van der Waals surface area contributed by atoms with Crippen LogP contribution in [0.15, 0.2) is 48.5 Å². The van der Waals surface area contributed by atoms with E-state index >= 15 is 0 Å². The molecule has 6 nitrogen and oxygen atoms in total. The molecule has 1 N–H and O–H groups in total. The zero-order chi connectivity index (χ0) is 24.5. The van der Waals surface area contributed by atoms with E-state index in [0.29, 0.717) is 45.0 Å². The molecule has 2 aromatic carbocycles. The molecule has 1 aromatic heterocycles. The van der Waals surface area contributed by atoms with E-state index in [1.54, 1.807) is 11.8 Å². The Morgan fingerprint density at radius 2 is 1.88 bits per heavy atom. The maximum absolute atomic E-state index is 14.5. The molecule has 0 radical (unpaired) electrons. The number of hydrogen-bond acceptors (Lipinski definition) is 5. The number of nitrogens with zero attached hydrogens (tertiary/aromatic N) is 3. The second-order valence-electron chi connectivity index (χ2n) is 8.18. The summed E-state index contributed by atoms with van der Waals surface area (Å²) in [7, 11) is 1.64. The van der Waals surface area contributed by atoms with Crippen LogP contribution in [0, 0.1) is 11.6 Å². The van der Waals surface area contributed by atoms with Crippen molar-refractivity contribution in [2.45, 2.75) is 45.8 Å². The molecule has 8 heteroatoms. The highest BCUT2D eigenvalue weighted by Crippen LogP contribution is 2.33. The molecule has 0 aliphatic rings. The van der Waals surface area contributed by atoms with Gasteiger partial charge in [-0.05, 0) is 37.1 Å². The van der Waals surface area contributed by atoms with Crippen molar-refractivity contribution in [1.29, 1.82) is 0 Å². The van der Waals surface area contributed by atoms with Gasteiger partial charge in [-0.3, -0.25) is 4.90 Å². The highest BCUT2D eigenvalue weighted by atomic mass is 19.1. The Bertz CT molecular complexity index is 1040. The Balaban J connectivity index is 2.05. The first kappa shape index (κ1) is 25.8. The van der Waals surface area contributed by atoms with Gasteiger partial charge in [0.05, 0.1) is 29.7 Å². The number of halogens is 2. The molecule has 0 aliphatic carbocycles. The number of aliphatic hydroxyl groups excluding tert-OH is 1. The fourth-order valence-corrected chi connectivity index (χ4v) is 3.83. The van der Waals surface area contributed by atoms with Crippen LogP contribution in [0.25, 0.3) is 5.69 Å². The predicted octanol–water partition coefficient (Wildman–Crippen LogP) is 5.11. The van der Waals surface area contributed by atoms with Gasteiger partial charge in [-0.1, -0.05) is 38.5 Å². The highest BCUT2D eigenvalue weighted by molar-refractivity contribution is 5.44. The largest absolute Gasteiger partial charge is 0.435 e. The van der Waals surface area contributed by atoms with Gasteiger partial charge in [-0.15, -0.1) is 0 Å². The molecular formula is C26H33F2N3O3. The van der Waals surface area contributed by atoms with Crippen LogP contribution in [-0.2, 0) is 17.7 Å². The van der Waals surface area contributed by atoms with Crippen molar-refractivity contribution in [3.05, 3.63) is 71.4 Å². The number of aromatic nitrogens is 2. The Morgan fingerprint density at radius 3 is 2.53 bits per heavy atom. The summed E-state index contributed by atoms with van der Waals surface area (Å²) < 4.78 is 41.0. The molecule has 3 rings (SSSR count). The molecule has 0 bridgehead atoms. The lowest BCUT2D eigenvalue weighted by Gasteiger charge is -2.25. The van der Waals surface area contributed by atoms with Crippen molar-refractivity contribution in [2.24, 2.45) is 0 Å². The molecular weight excluding hydrogens is 440 g/mol. The Kier molecular flexibility index (Phi) is 9.56. The van der Waals surface area contributed by atoms with Gasteiger partial charge < -0.3 is 14.6 Å². The minimum absolute atomic E-state index is 0.0863. The van der Waals surface area contributed by atoms with E-state index in [9.17, 15) is 13.9 Å². The molecule has 0 saturated heterocycles. The number of aryl methyl sites for hydroxylation is 1. The van der Waals surface area contributed by atoms with Crippen molar-refractivity contribution < 1.29 is 23.4 Å². The quantitative estimate of drug-likeness (QED) is 0.374. The van der Waals surface area contributed by atoms with Crippen molar-refractivity contribution in [3.8, 4) is 17.3 Å². The molecule has 3 aromatic rings. The number of ether oxygens (including phenoxy) is 2. The zero-order valence-corrected chi connectivity index (χ0v) is 20.0. The Morgan fingerprint density at radius 1 is 1.12 bits per heavy atom. The van der Waals surface area contributed by atoms with Gasteiger partial charge in [0.15, 0.2) is 11.6 Å². The minimum Gasteiger partial charge on any atom is -0.435 e. The summed E-state index contributed by atoms with van der Waals surface area (Å²) in [5.74, 6) is -1.19. The van der Waals surface area contributed by atoms with Crippen LogP contribution in [0.2, 0.25) is 0 Å². The van der Waals surface area contributed by atoms with Crippen LogP contribution in [0.1, 0.15) is 37.9 Å². The van der Waals surface area contributed by atoms with Crippen LogP contribution in [-0.4, -0.2) is 52.7 Å². The minimum atomic E-state index is -0.792. The first-order valence-corrected chi connectivity index (χ1v) is 11.6. The fraction of sp³-hybridized carbons (Fsp3) is 0.423. The third-order valence-electron chi connectivity index (χ3n) is 5.54. The summed E-state index contributed by atoms with van der Waals surface area (Å²) in [6, 6.07) is 12.7. The smallest absolute Gasteiger partial charge is 0.227 e. The highest BCUT2D eigenvalue weighted by Gasteiger charge is 2.24. The molecule has 0 saturated carbocycles. The molecule has 0 aliphatic heterocycles. The summed E-state index contributed by atoms with van der Waals surface area (Å²) in [5, 5.41) is 15.2. The van der Waals surface area contributed by atoms with Gasteiger partial charge in [0, 0.05) is 32.8 Å². The van der Waals surface area contributed by atoms with Gasteiger partial charge in [0.2, 0.25) is 5.88 Å². The summed E-state index contributed by atoms with van der Waals surface area (Å²) in [5.41, 5.74) is 2.35.